The van der Waals surface area contributed by atoms with Crippen molar-refractivity contribution < 1.29 is 22.1 Å². The van der Waals surface area contributed by atoms with E-state index in [9.17, 15) is 27.3 Å². The molecule has 1 heterocycles. The number of fused-ring (bicyclic) bond motifs is 1. The molecule has 1 aromatic heterocycles. The number of benzene rings is 2. The van der Waals surface area contributed by atoms with Crippen molar-refractivity contribution in [1.29, 1.82) is 0 Å². The van der Waals surface area contributed by atoms with Gasteiger partial charge in [-0.05, 0) is 31.2 Å². The Bertz CT molecular complexity index is 1170. The average molecular weight is 431 g/mol. The first-order valence-electron chi connectivity index (χ1n) is 7.83. The van der Waals surface area contributed by atoms with Crippen molar-refractivity contribution in [3.8, 4) is 0 Å². The maximum Gasteiger partial charge on any atom is 0.320 e. The number of alkyl halides is 2. The van der Waals surface area contributed by atoms with Crippen LogP contribution in [0.2, 0.25) is 5.02 Å². The van der Waals surface area contributed by atoms with Gasteiger partial charge in [-0.15, -0.1) is 0 Å². The lowest BCUT2D eigenvalue weighted by Gasteiger charge is -2.16. The summed E-state index contributed by atoms with van der Waals surface area (Å²) >= 11 is 5.70. The van der Waals surface area contributed by atoms with E-state index in [0.717, 1.165) is 12.1 Å². The summed E-state index contributed by atoms with van der Waals surface area (Å²) in [6, 6.07) is 7.98. The highest BCUT2D eigenvalue weighted by molar-refractivity contribution is 7.89. The van der Waals surface area contributed by atoms with Crippen molar-refractivity contribution >= 4 is 38.3 Å². The minimum absolute atomic E-state index is 0.0156. The first-order chi connectivity index (χ1) is 13.1. The molecule has 0 saturated carbocycles. The van der Waals surface area contributed by atoms with E-state index >= 15 is 0 Å². The molecule has 0 radical (unpaired) electrons. The lowest BCUT2D eigenvalue weighted by Crippen LogP contribution is -2.29. The van der Waals surface area contributed by atoms with Gasteiger partial charge in [0.2, 0.25) is 10.0 Å². The summed E-state index contributed by atoms with van der Waals surface area (Å²) in [5, 5.41) is 11.2. The molecule has 0 spiro atoms. The van der Waals surface area contributed by atoms with Gasteiger partial charge in [-0.1, -0.05) is 23.7 Å². The summed E-state index contributed by atoms with van der Waals surface area (Å²) < 4.78 is 55.2. The van der Waals surface area contributed by atoms with E-state index in [0.29, 0.717) is 4.57 Å². The Kier molecular flexibility index (Phi) is 5.33. The number of rotatable bonds is 6. The number of para-hydroxylation sites is 2. The molecule has 3 aromatic rings. The minimum Gasteiger partial charge on any atom is -0.269 e. The van der Waals surface area contributed by atoms with Gasteiger partial charge in [-0.3, -0.25) is 14.7 Å². The number of sulfonamides is 1. The fraction of sp³-hybridized carbons (Fsp3) is 0.188. The van der Waals surface area contributed by atoms with Gasteiger partial charge >= 0.3 is 6.55 Å². The number of nitrogens with zero attached hydrogens (tertiary/aromatic N) is 3. The van der Waals surface area contributed by atoms with E-state index in [2.05, 4.69) is 9.71 Å². The summed E-state index contributed by atoms with van der Waals surface area (Å²) in [5.74, 6) is -0.226. The topological polar surface area (TPSA) is 107 Å². The number of hydrogen-bond donors (Lipinski definition) is 1. The second-order valence-corrected chi connectivity index (χ2v) is 7.94. The molecule has 0 bridgehead atoms. The Morgan fingerprint density at radius 1 is 1.25 bits per heavy atom. The van der Waals surface area contributed by atoms with Gasteiger partial charge in [0.1, 0.15) is 5.82 Å². The molecule has 2 aromatic carbocycles. The van der Waals surface area contributed by atoms with Crippen LogP contribution in [-0.4, -0.2) is 22.9 Å². The van der Waals surface area contributed by atoms with E-state index < -0.39 is 38.1 Å². The lowest BCUT2D eigenvalue weighted by atomic mass is 10.3. The van der Waals surface area contributed by atoms with E-state index in [1.165, 1.54) is 25.1 Å². The normalized spacial score (nSPS) is 13.2. The van der Waals surface area contributed by atoms with Crippen molar-refractivity contribution in [2.24, 2.45) is 0 Å². The van der Waals surface area contributed by atoms with E-state index in [4.69, 9.17) is 11.6 Å². The van der Waals surface area contributed by atoms with Crippen LogP contribution < -0.4 is 4.72 Å². The summed E-state index contributed by atoms with van der Waals surface area (Å²) in [6.07, 6.45) is 0. The summed E-state index contributed by atoms with van der Waals surface area (Å²) in [7, 11) is -4.43. The van der Waals surface area contributed by atoms with Crippen LogP contribution in [0.15, 0.2) is 47.4 Å². The van der Waals surface area contributed by atoms with Gasteiger partial charge in [0.25, 0.3) is 5.69 Å². The zero-order valence-electron chi connectivity index (χ0n) is 14.2. The molecule has 8 nitrogen and oxygen atoms in total. The fourth-order valence-corrected chi connectivity index (χ4v) is 4.30. The monoisotopic (exact) mass is 430 g/mol. The number of nitro benzene ring substituents is 1. The van der Waals surface area contributed by atoms with Crippen LogP contribution in [0.4, 0.5) is 14.5 Å². The first kappa shape index (κ1) is 20.1. The molecule has 1 unspecified atom stereocenters. The first-order valence-corrected chi connectivity index (χ1v) is 9.69. The van der Waals surface area contributed by atoms with E-state index in [1.807, 2.05) is 0 Å². The number of halogens is 3. The maximum absolute atomic E-state index is 13.6. The van der Waals surface area contributed by atoms with Crippen molar-refractivity contribution in [3.63, 3.8) is 0 Å². The number of imidazole rings is 1. The molecule has 0 saturated heterocycles. The molecule has 0 aliphatic carbocycles. The maximum atomic E-state index is 13.6. The number of hydrogen-bond acceptors (Lipinski definition) is 5. The van der Waals surface area contributed by atoms with E-state index in [1.54, 1.807) is 12.1 Å². The molecule has 0 fully saturated rings. The SMILES string of the molecule is CC(NS(=O)(=O)c1ccc(Cl)cc1[N+](=O)[O-])c1nc2ccccc2n1C(F)F. The summed E-state index contributed by atoms with van der Waals surface area (Å²) in [4.78, 5) is 13.7. The molecule has 1 atom stereocenters. The van der Waals surface area contributed by atoms with Crippen molar-refractivity contribution in [2.75, 3.05) is 0 Å². The van der Waals surface area contributed by atoms with Gasteiger partial charge in [0.05, 0.1) is 22.0 Å². The van der Waals surface area contributed by atoms with Crippen LogP contribution in [0.5, 0.6) is 0 Å². The Labute approximate surface area is 163 Å². The molecule has 0 aliphatic rings. The lowest BCUT2D eigenvalue weighted by molar-refractivity contribution is -0.387. The molecule has 1 N–H and O–H groups in total. The molecular weight excluding hydrogens is 418 g/mol. The molecule has 0 aliphatic heterocycles. The summed E-state index contributed by atoms with van der Waals surface area (Å²) in [5.41, 5.74) is -0.327. The van der Waals surface area contributed by atoms with E-state index in [-0.39, 0.29) is 21.9 Å². The number of nitrogens with one attached hydrogen (secondary N) is 1. The summed E-state index contributed by atoms with van der Waals surface area (Å²) in [6.45, 7) is -1.64. The molecule has 28 heavy (non-hydrogen) atoms. The fourth-order valence-electron chi connectivity index (χ4n) is 2.78. The molecule has 12 heteroatoms. The van der Waals surface area contributed by atoms with Crippen molar-refractivity contribution in [1.82, 2.24) is 14.3 Å². The van der Waals surface area contributed by atoms with Gasteiger partial charge in [0.15, 0.2) is 4.90 Å². The molecule has 148 valence electrons. The van der Waals surface area contributed by atoms with Crippen LogP contribution in [0.1, 0.15) is 25.3 Å². The van der Waals surface area contributed by atoms with Gasteiger partial charge in [0, 0.05) is 11.1 Å². The Morgan fingerprint density at radius 3 is 2.57 bits per heavy atom. The molecular formula is C16H13ClF2N4O4S. The molecule has 0 amide bonds. The quantitative estimate of drug-likeness (QED) is 0.469. The van der Waals surface area contributed by atoms with Crippen LogP contribution in [0, 0.1) is 10.1 Å². The third-order valence-corrected chi connectivity index (χ3v) is 5.77. The van der Waals surface area contributed by atoms with Crippen LogP contribution in [0.25, 0.3) is 11.0 Å². The second kappa shape index (κ2) is 7.41. The van der Waals surface area contributed by atoms with Crippen LogP contribution >= 0.6 is 11.6 Å². The predicted octanol–water partition coefficient (Wildman–Crippen LogP) is 4.03. The second-order valence-electron chi connectivity index (χ2n) is 5.82. The predicted molar refractivity (Wildman–Crippen MR) is 97.8 cm³/mol. The highest BCUT2D eigenvalue weighted by atomic mass is 35.5. The number of nitro groups is 1. The Morgan fingerprint density at radius 2 is 1.93 bits per heavy atom. The highest BCUT2D eigenvalue weighted by Crippen LogP contribution is 2.30. The van der Waals surface area contributed by atoms with Gasteiger partial charge < -0.3 is 0 Å². The zero-order chi connectivity index (χ0) is 20.6. The minimum atomic E-state index is -4.43. The van der Waals surface area contributed by atoms with Gasteiger partial charge in [-0.2, -0.15) is 8.78 Å². The van der Waals surface area contributed by atoms with Crippen molar-refractivity contribution in [2.45, 2.75) is 24.4 Å². The highest BCUT2D eigenvalue weighted by Gasteiger charge is 2.30. The zero-order valence-corrected chi connectivity index (χ0v) is 15.8. The van der Waals surface area contributed by atoms with Crippen LogP contribution in [0.3, 0.4) is 0 Å². The average Bonchev–Trinajstić information content (AvgIpc) is 3.01. The van der Waals surface area contributed by atoms with Gasteiger partial charge in [-0.25, -0.2) is 18.1 Å². The third kappa shape index (κ3) is 3.68. The largest absolute Gasteiger partial charge is 0.320 e. The smallest absolute Gasteiger partial charge is 0.269 e. The Balaban J connectivity index is 2.04. The number of aromatic nitrogens is 2. The molecule has 3 rings (SSSR count). The third-order valence-electron chi connectivity index (χ3n) is 3.94. The Hall–Kier alpha value is -2.63. The van der Waals surface area contributed by atoms with Crippen LogP contribution in [-0.2, 0) is 10.0 Å². The standard InChI is InChI=1S/C16H13ClF2N4O4S/c1-9(15-20-11-4-2-3-5-12(11)22(15)16(18)19)21-28(26,27)14-7-6-10(17)8-13(14)23(24)25/h2-9,16,21H,1H3. The van der Waals surface area contributed by atoms with Crippen molar-refractivity contribution in [3.05, 3.63) is 63.4 Å².